The molecule has 0 fully saturated rings. The molecule has 0 bridgehead atoms. The first-order valence-corrected chi connectivity index (χ1v) is 7.38. The van der Waals surface area contributed by atoms with Crippen LogP contribution in [-0.2, 0) is 26.3 Å². The number of hydrogen-bond donors (Lipinski definition) is 1. The fraction of sp³-hybridized carbons (Fsp3) is 0.533. The number of carboxylic acids is 1. The number of carboxylic acid groups (broad SMARTS) is 1. The first-order chi connectivity index (χ1) is 10.0. The lowest BCUT2D eigenvalue weighted by atomic mass is 9.87. The number of carbonyl (C=O) groups is 1. The van der Waals surface area contributed by atoms with Gasteiger partial charge in [0.1, 0.15) is 5.69 Å². The fourth-order valence-electron chi connectivity index (χ4n) is 3.11. The molecular formula is C15H20N4O2. The van der Waals surface area contributed by atoms with Gasteiger partial charge >= 0.3 is 5.97 Å². The maximum atomic E-state index is 11.5. The molecule has 6 nitrogen and oxygen atoms in total. The van der Waals surface area contributed by atoms with Crippen LogP contribution in [0.1, 0.15) is 47.7 Å². The molecule has 0 radical (unpaired) electrons. The summed E-state index contributed by atoms with van der Waals surface area (Å²) in [5.74, 6) is -0.436. The van der Waals surface area contributed by atoms with Crippen LogP contribution in [-0.4, -0.2) is 30.6 Å². The maximum Gasteiger partial charge on any atom is 0.356 e. The summed E-state index contributed by atoms with van der Waals surface area (Å²) < 4.78 is 3.56. The van der Waals surface area contributed by atoms with Gasteiger partial charge in [0.2, 0.25) is 0 Å². The van der Waals surface area contributed by atoms with Crippen LogP contribution in [0.4, 0.5) is 0 Å². The zero-order valence-electron chi connectivity index (χ0n) is 12.6. The third-order valence-corrected chi connectivity index (χ3v) is 4.17. The highest BCUT2D eigenvalue weighted by atomic mass is 16.4. The third-order valence-electron chi connectivity index (χ3n) is 4.17. The van der Waals surface area contributed by atoms with Crippen molar-refractivity contribution in [2.24, 2.45) is 13.0 Å². The minimum atomic E-state index is -0.943. The van der Waals surface area contributed by atoms with Gasteiger partial charge in [0.05, 0.1) is 11.9 Å². The van der Waals surface area contributed by atoms with E-state index in [4.69, 9.17) is 0 Å². The summed E-state index contributed by atoms with van der Waals surface area (Å²) in [5.41, 5.74) is 3.97. The SMILES string of the molecule is CCc1nn(C)cc1-n1nc(C(=O)O)c2c1CCC(C)C2. The van der Waals surface area contributed by atoms with Crippen molar-refractivity contribution in [2.75, 3.05) is 0 Å². The summed E-state index contributed by atoms with van der Waals surface area (Å²) in [4.78, 5) is 11.5. The molecule has 2 heterocycles. The fourth-order valence-corrected chi connectivity index (χ4v) is 3.11. The van der Waals surface area contributed by atoms with Crippen molar-refractivity contribution in [3.05, 3.63) is 28.8 Å². The quantitative estimate of drug-likeness (QED) is 0.937. The van der Waals surface area contributed by atoms with Crippen molar-refractivity contribution in [1.29, 1.82) is 0 Å². The third kappa shape index (κ3) is 2.24. The molecule has 2 aromatic heterocycles. The van der Waals surface area contributed by atoms with Gasteiger partial charge in [-0.1, -0.05) is 13.8 Å². The molecule has 1 atom stereocenters. The molecular weight excluding hydrogens is 268 g/mol. The Kier molecular flexibility index (Phi) is 3.31. The first kappa shape index (κ1) is 13.9. The van der Waals surface area contributed by atoms with Gasteiger partial charge < -0.3 is 5.11 Å². The second-order valence-electron chi connectivity index (χ2n) is 5.83. The molecule has 1 aliphatic carbocycles. The normalized spacial score (nSPS) is 17.8. The lowest BCUT2D eigenvalue weighted by molar-refractivity contribution is 0.0688. The Morgan fingerprint density at radius 1 is 1.48 bits per heavy atom. The minimum absolute atomic E-state index is 0.197. The van der Waals surface area contributed by atoms with Crippen LogP contribution in [0.5, 0.6) is 0 Å². The van der Waals surface area contributed by atoms with Crippen LogP contribution in [0.2, 0.25) is 0 Å². The summed E-state index contributed by atoms with van der Waals surface area (Å²) in [5, 5.41) is 18.2. The van der Waals surface area contributed by atoms with Gasteiger partial charge in [-0.3, -0.25) is 4.68 Å². The molecule has 112 valence electrons. The molecule has 6 heteroatoms. The molecule has 1 unspecified atom stereocenters. The van der Waals surface area contributed by atoms with Crippen molar-refractivity contribution >= 4 is 5.97 Å². The molecule has 1 N–H and O–H groups in total. The van der Waals surface area contributed by atoms with Crippen LogP contribution < -0.4 is 0 Å². The summed E-state index contributed by atoms with van der Waals surface area (Å²) in [6, 6.07) is 0. The van der Waals surface area contributed by atoms with Gasteiger partial charge in [-0.05, 0) is 31.6 Å². The number of rotatable bonds is 3. The zero-order chi connectivity index (χ0) is 15.1. The lowest BCUT2D eigenvalue weighted by Crippen LogP contribution is -2.14. The Balaban J connectivity index is 2.19. The molecule has 21 heavy (non-hydrogen) atoms. The second kappa shape index (κ2) is 5.02. The molecule has 0 amide bonds. The molecule has 0 saturated heterocycles. The molecule has 0 saturated carbocycles. The van der Waals surface area contributed by atoms with Crippen molar-refractivity contribution in [3.8, 4) is 5.69 Å². The van der Waals surface area contributed by atoms with E-state index in [1.54, 1.807) is 9.36 Å². The van der Waals surface area contributed by atoms with E-state index >= 15 is 0 Å². The van der Waals surface area contributed by atoms with Gasteiger partial charge in [-0.15, -0.1) is 0 Å². The highest BCUT2D eigenvalue weighted by Gasteiger charge is 2.29. The van der Waals surface area contributed by atoms with E-state index in [1.807, 2.05) is 20.2 Å². The topological polar surface area (TPSA) is 72.9 Å². The number of aromatic carboxylic acids is 1. The Morgan fingerprint density at radius 2 is 2.24 bits per heavy atom. The number of aromatic nitrogens is 4. The average Bonchev–Trinajstić information content (AvgIpc) is 2.98. The van der Waals surface area contributed by atoms with E-state index in [0.717, 1.165) is 48.3 Å². The first-order valence-electron chi connectivity index (χ1n) is 7.38. The van der Waals surface area contributed by atoms with E-state index in [9.17, 15) is 9.90 Å². The standard InChI is InChI=1S/C15H20N4O2/c1-4-11-13(8-18(3)16-11)19-12-6-5-9(2)7-10(12)14(17-19)15(20)21/h8-9H,4-7H2,1-3H3,(H,20,21). The van der Waals surface area contributed by atoms with Crippen molar-refractivity contribution in [2.45, 2.75) is 39.5 Å². The summed E-state index contributed by atoms with van der Waals surface area (Å²) in [6.07, 6.45) is 5.44. The predicted octanol–water partition coefficient (Wildman–Crippen LogP) is 1.99. The maximum absolute atomic E-state index is 11.5. The number of fused-ring (bicyclic) bond motifs is 1. The monoisotopic (exact) mass is 288 g/mol. The van der Waals surface area contributed by atoms with Gasteiger partial charge in [-0.25, -0.2) is 9.48 Å². The summed E-state index contributed by atoms with van der Waals surface area (Å²) in [6.45, 7) is 4.20. The highest BCUT2D eigenvalue weighted by molar-refractivity contribution is 5.87. The van der Waals surface area contributed by atoms with Crippen molar-refractivity contribution in [3.63, 3.8) is 0 Å². The Hall–Kier alpha value is -2.11. The largest absolute Gasteiger partial charge is 0.476 e. The highest BCUT2D eigenvalue weighted by Crippen LogP contribution is 2.30. The Bertz CT molecular complexity index is 699. The van der Waals surface area contributed by atoms with Crippen LogP contribution in [0.25, 0.3) is 5.69 Å². The van der Waals surface area contributed by atoms with E-state index in [0.29, 0.717) is 5.92 Å². The van der Waals surface area contributed by atoms with Crippen LogP contribution in [0, 0.1) is 5.92 Å². The Labute approximate surface area is 123 Å². The van der Waals surface area contributed by atoms with E-state index < -0.39 is 5.97 Å². The van der Waals surface area contributed by atoms with Gasteiger partial charge in [-0.2, -0.15) is 10.2 Å². The molecule has 0 aromatic carbocycles. The van der Waals surface area contributed by atoms with E-state index in [1.165, 1.54) is 0 Å². The van der Waals surface area contributed by atoms with Gasteiger partial charge in [0, 0.05) is 18.3 Å². The van der Waals surface area contributed by atoms with Crippen molar-refractivity contribution < 1.29 is 9.90 Å². The molecule has 1 aliphatic rings. The summed E-state index contributed by atoms with van der Waals surface area (Å²) >= 11 is 0. The smallest absolute Gasteiger partial charge is 0.356 e. The Morgan fingerprint density at radius 3 is 2.90 bits per heavy atom. The van der Waals surface area contributed by atoms with Gasteiger partial charge in [0.15, 0.2) is 5.69 Å². The summed E-state index contributed by atoms with van der Waals surface area (Å²) in [7, 11) is 1.87. The van der Waals surface area contributed by atoms with E-state index in [2.05, 4.69) is 17.1 Å². The van der Waals surface area contributed by atoms with Crippen molar-refractivity contribution in [1.82, 2.24) is 19.6 Å². The van der Waals surface area contributed by atoms with Crippen LogP contribution >= 0.6 is 0 Å². The number of nitrogens with zero attached hydrogens (tertiary/aromatic N) is 4. The average molecular weight is 288 g/mol. The van der Waals surface area contributed by atoms with Crippen LogP contribution in [0.3, 0.4) is 0 Å². The molecule has 0 spiro atoms. The predicted molar refractivity (Wildman–Crippen MR) is 77.9 cm³/mol. The van der Waals surface area contributed by atoms with Gasteiger partial charge in [0.25, 0.3) is 0 Å². The minimum Gasteiger partial charge on any atom is -0.476 e. The van der Waals surface area contributed by atoms with E-state index in [-0.39, 0.29) is 5.69 Å². The molecule has 0 aliphatic heterocycles. The number of hydrogen-bond acceptors (Lipinski definition) is 3. The lowest BCUT2D eigenvalue weighted by Gasteiger charge is -2.19. The second-order valence-corrected chi connectivity index (χ2v) is 5.83. The zero-order valence-corrected chi connectivity index (χ0v) is 12.6. The number of aryl methyl sites for hydroxylation is 2. The molecule has 3 rings (SSSR count). The van der Waals surface area contributed by atoms with Crippen LogP contribution in [0.15, 0.2) is 6.20 Å². The molecule has 2 aromatic rings.